The summed E-state index contributed by atoms with van der Waals surface area (Å²) in [6.45, 7) is 5.47. The number of nitrogen functional groups attached to an aromatic ring is 1. The van der Waals surface area contributed by atoms with Gasteiger partial charge in [0.2, 0.25) is 11.8 Å². The molecule has 0 radical (unpaired) electrons. The van der Waals surface area contributed by atoms with Gasteiger partial charge in [-0.15, -0.1) is 0 Å². The summed E-state index contributed by atoms with van der Waals surface area (Å²) in [6.07, 6.45) is 4.38. The summed E-state index contributed by atoms with van der Waals surface area (Å²) in [5, 5.41) is 3.50. The highest BCUT2D eigenvalue weighted by atomic mass is 16.5. The second-order valence-electron chi connectivity index (χ2n) is 8.65. The Kier molecular flexibility index (Phi) is 6.49. The van der Waals surface area contributed by atoms with E-state index in [1.807, 2.05) is 73.1 Å². The minimum atomic E-state index is -0.277. The van der Waals surface area contributed by atoms with Crippen molar-refractivity contribution in [3.8, 4) is 39.8 Å². The van der Waals surface area contributed by atoms with E-state index in [0.717, 1.165) is 33.3 Å². The molecule has 2 aromatic carbocycles. The molecule has 0 saturated carbocycles. The first-order valence-corrected chi connectivity index (χ1v) is 11.8. The minimum Gasteiger partial charge on any atom is -0.493 e. The zero-order valence-electron chi connectivity index (χ0n) is 21.2. The van der Waals surface area contributed by atoms with Gasteiger partial charge in [0.1, 0.15) is 17.8 Å². The number of nitrogens with one attached hydrogen (secondary N) is 1. The molecule has 0 fully saturated rings. The molecule has 0 aliphatic rings. The average Bonchev–Trinajstić information content (AvgIpc) is 3.22. The number of amides is 1. The molecule has 5 rings (SSSR count). The number of carbonyl (C=O) groups excluding carboxylic acids is 1. The van der Waals surface area contributed by atoms with E-state index in [1.54, 1.807) is 13.3 Å². The summed E-state index contributed by atoms with van der Waals surface area (Å²) in [5.74, 6) is 1.63. The van der Waals surface area contributed by atoms with Gasteiger partial charge in [0.25, 0.3) is 0 Å². The van der Waals surface area contributed by atoms with Crippen LogP contribution in [0, 0.1) is 6.92 Å². The van der Waals surface area contributed by atoms with Gasteiger partial charge < -0.3 is 25.1 Å². The quantitative estimate of drug-likeness (QED) is 0.279. The van der Waals surface area contributed by atoms with E-state index < -0.39 is 0 Å². The molecular weight excluding hydrogens is 480 g/mol. The molecule has 5 aromatic rings. The smallest absolute Gasteiger partial charge is 0.247 e. The first-order chi connectivity index (χ1) is 18.4. The van der Waals surface area contributed by atoms with Gasteiger partial charge >= 0.3 is 0 Å². The number of hydrogen-bond donors (Lipinski definition) is 2. The van der Waals surface area contributed by atoms with Gasteiger partial charge in [-0.25, -0.2) is 15.0 Å². The molecule has 0 saturated heterocycles. The number of pyridine rings is 1. The van der Waals surface area contributed by atoms with Crippen LogP contribution in [-0.4, -0.2) is 32.5 Å². The second-order valence-corrected chi connectivity index (χ2v) is 8.65. The van der Waals surface area contributed by atoms with Crippen LogP contribution in [0.25, 0.3) is 33.4 Å². The predicted octanol–water partition coefficient (Wildman–Crippen LogP) is 5.51. The van der Waals surface area contributed by atoms with Crippen molar-refractivity contribution in [2.24, 2.45) is 7.05 Å². The molecule has 0 aliphatic carbocycles. The van der Waals surface area contributed by atoms with Crippen LogP contribution in [0.5, 0.6) is 17.4 Å². The van der Waals surface area contributed by atoms with E-state index in [9.17, 15) is 4.79 Å². The monoisotopic (exact) mass is 506 g/mol. The lowest BCUT2D eigenvalue weighted by Gasteiger charge is -2.14. The Balaban J connectivity index is 1.65. The molecule has 9 heteroatoms. The number of aryl methyl sites for hydroxylation is 2. The third kappa shape index (κ3) is 4.53. The lowest BCUT2D eigenvalue weighted by Crippen LogP contribution is -2.06. The van der Waals surface area contributed by atoms with Crippen LogP contribution in [0.4, 0.5) is 11.5 Å². The van der Waals surface area contributed by atoms with E-state index in [1.165, 1.54) is 12.4 Å². The molecule has 1 amide bonds. The highest BCUT2D eigenvalue weighted by molar-refractivity contribution is 6.08. The van der Waals surface area contributed by atoms with Gasteiger partial charge in [0.05, 0.1) is 18.2 Å². The first kappa shape index (κ1) is 24.5. The number of nitrogens with two attached hydrogens (primary N) is 1. The van der Waals surface area contributed by atoms with Gasteiger partial charge in [-0.1, -0.05) is 24.8 Å². The summed E-state index contributed by atoms with van der Waals surface area (Å²) in [6, 6.07) is 17.0. The van der Waals surface area contributed by atoms with Crippen LogP contribution in [-0.2, 0) is 11.8 Å². The largest absolute Gasteiger partial charge is 0.493 e. The number of methoxy groups -OCH3 is 1. The fourth-order valence-corrected chi connectivity index (χ4v) is 4.38. The molecule has 3 N–H and O–H groups in total. The molecule has 0 spiro atoms. The van der Waals surface area contributed by atoms with E-state index in [4.69, 9.17) is 15.2 Å². The normalized spacial score (nSPS) is 10.8. The summed E-state index contributed by atoms with van der Waals surface area (Å²) in [7, 11) is 3.52. The maximum Gasteiger partial charge on any atom is 0.247 e. The third-order valence-electron chi connectivity index (χ3n) is 6.16. The highest BCUT2D eigenvalue weighted by Crippen LogP contribution is 2.44. The third-order valence-corrected chi connectivity index (χ3v) is 6.16. The van der Waals surface area contributed by atoms with Crippen LogP contribution in [0.3, 0.4) is 0 Å². The van der Waals surface area contributed by atoms with Crippen LogP contribution in [0.15, 0.2) is 79.8 Å². The average molecular weight is 507 g/mol. The number of carbonyl (C=O) groups is 1. The van der Waals surface area contributed by atoms with Gasteiger partial charge in [0.15, 0.2) is 11.5 Å². The number of fused-ring (bicyclic) bond motifs is 1. The number of hydrogen-bond acceptors (Lipinski definition) is 7. The van der Waals surface area contributed by atoms with Gasteiger partial charge in [-0.2, -0.15) is 0 Å². The van der Waals surface area contributed by atoms with E-state index in [2.05, 4.69) is 26.8 Å². The Morgan fingerprint density at radius 1 is 1.03 bits per heavy atom. The zero-order valence-corrected chi connectivity index (χ0v) is 21.2. The van der Waals surface area contributed by atoms with Crippen LogP contribution < -0.4 is 20.5 Å². The Morgan fingerprint density at radius 2 is 1.79 bits per heavy atom. The fourth-order valence-electron chi connectivity index (χ4n) is 4.38. The van der Waals surface area contributed by atoms with Gasteiger partial charge in [0, 0.05) is 30.6 Å². The number of anilines is 2. The van der Waals surface area contributed by atoms with Crippen molar-refractivity contribution in [1.29, 1.82) is 0 Å². The first-order valence-electron chi connectivity index (χ1n) is 11.8. The zero-order chi connectivity index (χ0) is 26.8. The van der Waals surface area contributed by atoms with Crippen molar-refractivity contribution in [2.75, 3.05) is 18.2 Å². The maximum absolute atomic E-state index is 11.7. The number of aromatic nitrogens is 4. The molecule has 9 nitrogen and oxygen atoms in total. The van der Waals surface area contributed by atoms with E-state index in [-0.39, 0.29) is 5.91 Å². The van der Waals surface area contributed by atoms with Crippen LogP contribution in [0.1, 0.15) is 5.56 Å². The van der Waals surface area contributed by atoms with Gasteiger partial charge in [-0.3, -0.25) is 4.79 Å². The van der Waals surface area contributed by atoms with Crippen molar-refractivity contribution in [3.63, 3.8) is 0 Å². The highest BCUT2D eigenvalue weighted by Gasteiger charge is 2.23. The van der Waals surface area contributed by atoms with Crippen molar-refractivity contribution in [3.05, 3.63) is 85.3 Å². The SMILES string of the molecule is C=CC(=O)Nc1ccc(-c2c(-c3ccc(Oc4cc(C)ccn4)c(OC)c3)c3c(N)ncnc3n2C)cc1. The molecule has 3 heterocycles. The number of benzene rings is 2. The molecular formula is C29H26N6O3. The number of nitrogens with zero attached hydrogens (tertiary/aromatic N) is 4. The molecule has 0 aliphatic heterocycles. The Morgan fingerprint density at radius 3 is 2.50 bits per heavy atom. The van der Waals surface area contributed by atoms with Crippen molar-refractivity contribution < 1.29 is 14.3 Å². The van der Waals surface area contributed by atoms with E-state index in [0.29, 0.717) is 34.5 Å². The maximum atomic E-state index is 11.7. The Bertz CT molecular complexity index is 1670. The minimum absolute atomic E-state index is 0.277. The number of ether oxygens (including phenoxy) is 2. The van der Waals surface area contributed by atoms with Crippen LogP contribution >= 0.6 is 0 Å². The molecule has 0 bridgehead atoms. The summed E-state index contributed by atoms with van der Waals surface area (Å²) in [5.41, 5.74) is 12.2. The van der Waals surface area contributed by atoms with Crippen LogP contribution in [0.2, 0.25) is 0 Å². The lowest BCUT2D eigenvalue weighted by molar-refractivity contribution is -0.111. The summed E-state index contributed by atoms with van der Waals surface area (Å²) >= 11 is 0. The van der Waals surface area contributed by atoms with Crippen molar-refractivity contribution in [2.45, 2.75) is 6.92 Å². The fraction of sp³-hybridized carbons (Fsp3) is 0.103. The molecule has 0 atom stereocenters. The molecule has 3 aromatic heterocycles. The standard InChI is InChI=1S/C29H26N6O3/c1-5-23(36)34-20-9-6-18(7-10-20)27-25(26-28(30)32-16-33-29(26)35(27)3)19-8-11-21(22(15-19)37-4)38-24-14-17(2)12-13-31-24/h5-16H,1H2,2-4H3,(H,34,36)(H2,30,32,33). The predicted molar refractivity (Wildman–Crippen MR) is 148 cm³/mol. The number of rotatable bonds is 7. The van der Waals surface area contributed by atoms with Gasteiger partial charge in [-0.05, 0) is 60.0 Å². The molecule has 0 unspecified atom stereocenters. The van der Waals surface area contributed by atoms with Crippen molar-refractivity contribution >= 4 is 28.4 Å². The van der Waals surface area contributed by atoms with E-state index >= 15 is 0 Å². The molecule has 190 valence electrons. The summed E-state index contributed by atoms with van der Waals surface area (Å²) < 4.78 is 13.7. The topological polar surface area (TPSA) is 117 Å². The summed E-state index contributed by atoms with van der Waals surface area (Å²) in [4.78, 5) is 24.8. The Labute approximate surface area is 219 Å². The molecule has 38 heavy (non-hydrogen) atoms. The Hall–Kier alpha value is -5.18. The van der Waals surface area contributed by atoms with Crippen molar-refractivity contribution in [1.82, 2.24) is 19.5 Å². The lowest BCUT2D eigenvalue weighted by atomic mass is 9.98. The second kappa shape index (κ2) is 10.1.